The topological polar surface area (TPSA) is 46.5 Å². The van der Waals surface area contributed by atoms with Gasteiger partial charge in [-0.05, 0) is 53.6 Å². The van der Waals surface area contributed by atoms with E-state index in [2.05, 4.69) is 15.5 Å². The van der Waals surface area contributed by atoms with Crippen LogP contribution in [0, 0.1) is 5.82 Å². The Labute approximate surface area is 182 Å². The van der Waals surface area contributed by atoms with E-state index in [1.807, 2.05) is 47.8 Å². The molecule has 0 spiro atoms. The summed E-state index contributed by atoms with van der Waals surface area (Å²) in [5, 5.41) is 7.26. The maximum atomic E-state index is 13.0. The van der Waals surface area contributed by atoms with Crippen molar-refractivity contribution < 1.29 is 9.13 Å². The van der Waals surface area contributed by atoms with E-state index in [4.69, 9.17) is 16.3 Å². The largest absolute Gasteiger partial charge is 0.487 e. The highest BCUT2D eigenvalue weighted by atomic mass is 35.5. The molecule has 1 heterocycles. The van der Waals surface area contributed by atoms with E-state index in [9.17, 15) is 4.39 Å². The van der Waals surface area contributed by atoms with Crippen molar-refractivity contribution in [2.75, 3.05) is 5.43 Å². The molecule has 4 nitrogen and oxygen atoms in total. The van der Waals surface area contributed by atoms with Crippen molar-refractivity contribution in [3.63, 3.8) is 0 Å². The third-order valence-electron chi connectivity index (χ3n) is 4.21. The second-order valence-electron chi connectivity index (χ2n) is 6.38. The minimum absolute atomic E-state index is 0.271. The lowest BCUT2D eigenvalue weighted by Crippen LogP contribution is -1.96. The molecule has 4 rings (SSSR count). The standard InChI is InChI=1S/C23H17ClFN3OS/c24-20-12-17(6-11-22(20)29-14-16-4-2-1-3-5-16)13-26-28-23-27-21(15-30-23)18-7-9-19(25)10-8-18/h1-13,15H,14H2,(H,27,28)/b26-13-. The van der Waals surface area contributed by atoms with Gasteiger partial charge in [0.2, 0.25) is 5.13 Å². The highest BCUT2D eigenvalue weighted by molar-refractivity contribution is 7.14. The van der Waals surface area contributed by atoms with E-state index in [0.717, 1.165) is 22.4 Å². The molecule has 0 aliphatic carbocycles. The predicted octanol–water partition coefficient (Wildman–Crippen LogP) is 6.63. The number of rotatable bonds is 7. The zero-order valence-electron chi connectivity index (χ0n) is 15.8. The summed E-state index contributed by atoms with van der Waals surface area (Å²) in [5.41, 5.74) is 6.42. The molecule has 4 aromatic rings. The number of halogens is 2. The van der Waals surface area contributed by atoms with Crippen molar-refractivity contribution in [3.05, 3.63) is 100 Å². The maximum absolute atomic E-state index is 13.0. The third kappa shape index (κ3) is 5.23. The molecule has 150 valence electrons. The van der Waals surface area contributed by atoms with Crippen LogP contribution in [0.3, 0.4) is 0 Å². The number of nitrogens with one attached hydrogen (secondary N) is 1. The number of hydrogen-bond acceptors (Lipinski definition) is 5. The first kappa shape index (κ1) is 20.1. The van der Waals surface area contributed by atoms with Gasteiger partial charge in [-0.2, -0.15) is 5.10 Å². The Hall–Kier alpha value is -3.22. The SMILES string of the molecule is Fc1ccc(-c2csc(N/N=C\c3ccc(OCc4ccccc4)c(Cl)c3)n2)cc1. The van der Waals surface area contributed by atoms with Crippen molar-refractivity contribution in [2.24, 2.45) is 5.10 Å². The molecule has 0 amide bonds. The second kappa shape index (κ2) is 9.52. The summed E-state index contributed by atoms with van der Waals surface area (Å²) in [6.07, 6.45) is 1.66. The van der Waals surface area contributed by atoms with Crippen LogP contribution in [0.15, 0.2) is 83.3 Å². The number of anilines is 1. The second-order valence-corrected chi connectivity index (χ2v) is 7.64. The van der Waals surface area contributed by atoms with E-state index in [0.29, 0.717) is 22.5 Å². The number of aromatic nitrogens is 1. The van der Waals surface area contributed by atoms with Crippen LogP contribution in [0.1, 0.15) is 11.1 Å². The maximum Gasteiger partial charge on any atom is 0.203 e. The summed E-state index contributed by atoms with van der Waals surface area (Å²) in [6.45, 7) is 0.454. The molecular formula is C23H17ClFN3OS. The molecule has 0 aliphatic heterocycles. The molecule has 0 bridgehead atoms. The number of thiazole rings is 1. The van der Waals surface area contributed by atoms with Crippen LogP contribution in [0.25, 0.3) is 11.3 Å². The van der Waals surface area contributed by atoms with E-state index >= 15 is 0 Å². The van der Waals surface area contributed by atoms with Gasteiger partial charge in [0, 0.05) is 10.9 Å². The van der Waals surface area contributed by atoms with Gasteiger partial charge in [0.1, 0.15) is 18.2 Å². The van der Waals surface area contributed by atoms with Crippen molar-refractivity contribution in [2.45, 2.75) is 6.61 Å². The Kier molecular flexibility index (Phi) is 6.37. The quantitative estimate of drug-likeness (QED) is 0.261. The third-order valence-corrected chi connectivity index (χ3v) is 5.25. The van der Waals surface area contributed by atoms with Crippen molar-refractivity contribution in [1.29, 1.82) is 0 Å². The number of benzene rings is 3. The molecule has 0 fully saturated rings. The monoisotopic (exact) mass is 437 g/mol. The fourth-order valence-electron chi connectivity index (χ4n) is 2.69. The van der Waals surface area contributed by atoms with Gasteiger partial charge >= 0.3 is 0 Å². The van der Waals surface area contributed by atoms with Crippen LogP contribution in [-0.4, -0.2) is 11.2 Å². The Bertz CT molecular complexity index is 1150. The van der Waals surface area contributed by atoms with Crippen LogP contribution in [0.2, 0.25) is 5.02 Å². The first-order valence-electron chi connectivity index (χ1n) is 9.14. The van der Waals surface area contributed by atoms with Crippen molar-refractivity contribution >= 4 is 34.3 Å². The molecule has 0 saturated carbocycles. The summed E-state index contributed by atoms with van der Waals surface area (Å²) >= 11 is 7.75. The van der Waals surface area contributed by atoms with Crippen molar-refractivity contribution in [1.82, 2.24) is 4.98 Å². The minimum Gasteiger partial charge on any atom is -0.487 e. The highest BCUT2D eigenvalue weighted by Gasteiger charge is 2.05. The van der Waals surface area contributed by atoms with E-state index < -0.39 is 0 Å². The molecule has 0 aliphatic rings. The molecule has 1 N–H and O–H groups in total. The van der Waals surface area contributed by atoms with Gasteiger partial charge in [0.25, 0.3) is 0 Å². The van der Waals surface area contributed by atoms with E-state index in [-0.39, 0.29) is 5.82 Å². The van der Waals surface area contributed by atoms with Gasteiger partial charge in [0.15, 0.2) is 0 Å². The summed E-state index contributed by atoms with van der Waals surface area (Å²) in [6, 6.07) is 21.6. The zero-order chi connectivity index (χ0) is 20.8. The molecule has 30 heavy (non-hydrogen) atoms. The van der Waals surface area contributed by atoms with E-state index in [1.54, 1.807) is 24.4 Å². The van der Waals surface area contributed by atoms with Gasteiger partial charge in [-0.1, -0.05) is 41.9 Å². The summed E-state index contributed by atoms with van der Waals surface area (Å²) < 4.78 is 18.8. The van der Waals surface area contributed by atoms with Gasteiger partial charge in [-0.3, -0.25) is 5.43 Å². The predicted molar refractivity (Wildman–Crippen MR) is 121 cm³/mol. The summed E-state index contributed by atoms with van der Waals surface area (Å²) in [5.74, 6) is 0.349. The average molecular weight is 438 g/mol. The fourth-order valence-corrected chi connectivity index (χ4v) is 3.60. The average Bonchev–Trinajstić information content (AvgIpc) is 3.23. The minimum atomic E-state index is -0.271. The van der Waals surface area contributed by atoms with Crippen LogP contribution < -0.4 is 10.2 Å². The number of hydrazone groups is 1. The Morgan fingerprint density at radius 3 is 2.63 bits per heavy atom. The molecule has 3 aromatic carbocycles. The highest BCUT2D eigenvalue weighted by Crippen LogP contribution is 2.27. The van der Waals surface area contributed by atoms with E-state index in [1.165, 1.54) is 23.5 Å². The first-order chi connectivity index (χ1) is 14.7. The van der Waals surface area contributed by atoms with Crippen LogP contribution in [0.5, 0.6) is 5.75 Å². The normalized spacial score (nSPS) is 11.0. The number of hydrogen-bond donors (Lipinski definition) is 1. The number of ether oxygens (including phenoxy) is 1. The lowest BCUT2D eigenvalue weighted by atomic mass is 10.2. The Balaban J connectivity index is 1.35. The van der Waals surface area contributed by atoms with Gasteiger partial charge in [0.05, 0.1) is 16.9 Å². The number of nitrogens with zero attached hydrogens (tertiary/aromatic N) is 2. The smallest absolute Gasteiger partial charge is 0.203 e. The summed E-state index contributed by atoms with van der Waals surface area (Å²) in [7, 11) is 0. The molecule has 7 heteroatoms. The molecule has 0 saturated heterocycles. The molecule has 1 aromatic heterocycles. The first-order valence-corrected chi connectivity index (χ1v) is 10.4. The molecule has 0 radical (unpaired) electrons. The summed E-state index contributed by atoms with van der Waals surface area (Å²) in [4.78, 5) is 4.45. The lowest BCUT2D eigenvalue weighted by Gasteiger charge is -2.08. The van der Waals surface area contributed by atoms with Gasteiger partial charge in [-0.15, -0.1) is 11.3 Å². The Morgan fingerprint density at radius 1 is 1.07 bits per heavy atom. The molecule has 0 atom stereocenters. The Morgan fingerprint density at radius 2 is 1.87 bits per heavy atom. The zero-order valence-corrected chi connectivity index (χ0v) is 17.3. The van der Waals surface area contributed by atoms with Crippen LogP contribution in [0.4, 0.5) is 9.52 Å². The fraction of sp³-hybridized carbons (Fsp3) is 0.0435. The van der Waals surface area contributed by atoms with Gasteiger partial charge < -0.3 is 4.74 Å². The van der Waals surface area contributed by atoms with Crippen molar-refractivity contribution in [3.8, 4) is 17.0 Å². The van der Waals surface area contributed by atoms with Gasteiger partial charge in [-0.25, -0.2) is 9.37 Å². The molecular weight excluding hydrogens is 421 g/mol. The van der Waals surface area contributed by atoms with Crippen LogP contribution in [-0.2, 0) is 6.61 Å². The molecule has 0 unspecified atom stereocenters. The van der Waals surface area contributed by atoms with Crippen LogP contribution >= 0.6 is 22.9 Å². The lowest BCUT2D eigenvalue weighted by molar-refractivity contribution is 0.306.